The third-order valence-electron chi connectivity index (χ3n) is 13.6. The maximum absolute atomic E-state index is 13.4. The minimum Gasteiger partial charge on any atom is -0.350 e. The minimum absolute atomic E-state index is 0.0720. The average Bonchev–Trinajstić information content (AvgIpc) is 4.41. The molecule has 4 aliphatic rings. The van der Waals surface area contributed by atoms with E-state index in [9.17, 15) is 28.8 Å². The predicted octanol–water partition coefficient (Wildman–Crippen LogP) is 4.26. The Labute approximate surface area is 475 Å². The highest BCUT2D eigenvalue weighted by atomic mass is 32.3. The number of nitrogens with one attached hydrogen (secondary N) is 4. The van der Waals surface area contributed by atoms with Crippen LogP contribution in [0.3, 0.4) is 0 Å². The average molecular weight is 1140 g/mol. The van der Waals surface area contributed by atoms with Crippen molar-refractivity contribution in [3.8, 4) is 0 Å². The van der Waals surface area contributed by atoms with E-state index in [0.717, 1.165) is 50.4 Å². The fourth-order valence-electron chi connectivity index (χ4n) is 9.23. The van der Waals surface area contributed by atoms with Crippen LogP contribution in [-0.4, -0.2) is 175 Å². The van der Waals surface area contributed by atoms with Crippen LogP contribution >= 0.6 is 0 Å². The van der Waals surface area contributed by atoms with Crippen molar-refractivity contribution >= 4 is 58.0 Å². The highest BCUT2D eigenvalue weighted by molar-refractivity contribution is 7.79. The number of nitrogens with zero attached hydrogens (tertiary/aromatic N) is 4. The third kappa shape index (κ3) is 22.8. The molecular weight excluding hydrogens is 1060 g/mol. The van der Waals surface area contributed by atoms with Crippen molar-refractivity contribution in [2.75, 3.05) is 65.4 Å². The van der Waals surface area contributed by atoms with Crippen LogP contribution in [0, 0.1) is 11.8 Å². The van der Waals surface area contributed by atoms with E-state index in [-0.39, 0.29) is 35.5 Å². The van der Waals surface area contributed by atoms with Gasteiger partial charge in [-0.2, -0.15) is 8.42 Å². The van der Waals surface area contributed by atoms with Gasteiger partial charge in [0.2, 0.25) is 11.8 Å². The summed E-state index contributed by atoms with van der Waals surface area (Å²) in [6.07, 6.45) is 6.23. The first-order valence-electron chi connectivity index (χ1n) is 27.5. The molecule has 21 heteroatoms. The Kier molecular flexibility index (Phi) is 24.7. The summed E-state index contributed by atoms with van der Waals surface area (Å²) < 4.78 is 42.3. The zero-order valence-corrected chi connectivity index (χ0v) is 47.4. The fourth-order valence-corrected chi connectivity index (χ4v) is 9.23. The summed E-state index contributed by atoms with van der Waals surface area (Å²) in [5, 5.41) is 11.3. The van der Waals surface area contributed by atoms with Gasteiger partial charge in [-0.05, 0) is 46.9 Å². The summed E-state index contributed by atoms with van der Waals surface area (Å²) in [6.45, 7) is 16.1. The van der Waals surface area contributed by atoms with Crippen molar-refractivity contribution in [1.29, 1.82) is 0 Å². The summed E-state index contributed by atoms with van der Waals surface area (Å²) in [7, 11) is -4.67. The normalized spacial score (nSPS) is 19.8. The van der Waals surface area contributed by atoms with Gasteiger partial charge in [-0.1, -0.05) is 173 Å². The Hall–Kier alpha value is -7.11. The van der Waals surface area contributed by atoms with Crippen LogP contribution < -0.4 is 21.3 Å². The lowest BCUT2D eigenvalue weighted by molar-refractivity contribution is -0.138. The first-order chi connectivity index (χ1) is 38.8. The monoisotopic (exact) mass is 1130 g/mol. The zero-order valence-electron chi connectivity index (χ0n) is 46.5. The lowest BCUT2D eigenvalue weighted by Gasteiger charge is -2.36. The van der Waals surface area contributed by atoms with Gasteiger partial charge >= 0.3 is 10.4 Å². The second-order valence-corrected chi connectivity index (χ2v) is 22.0. The summed E-state index contributed by atoms with van der Waals surface area (Å²) >= 11 is 0. The highest BCUT2D eigenvalue weighted by Gasteiger charge is 2.52. The van der Waals surface area contributed by atoms with Crippen molar-refractivity contribution in [2.45, 2.75) is 90.1 Å². The molecule has 0 aliphatic carbocycles. The van der Waals surface area contributed by atoms with Crippen molar-refractivity contribution in [1.82, 2.24) is 40.9 Å². The van der Waals surface area contributed by atoms with Crippen molar-refractivity contribution in [3.63, 3.8) is 0 Å². The molecule has 6 atom stereocenters. The summed E-state index contributed by atoms with van der Waals surface area (Å²) in [4.78, 5) is 85.6. The quantitative estimate of drug-likeness (QED) is 0.0475. The molecule has 0 bridgehead atoms. The van der Waals surface area contributed by atoms with E-state index in [4.69, 9.17) is 27.0 Å². The summed E-state index contributed by atoms with van der Waals surface area (Å²) in [6, 6.07) is 38.2. The first-order valence-corrected chi connectivity index (χ1v) is 28.9. The molecule has 4 aromatic rings. The summed E-state index contributed by atoms with van der Waals surface area (Å²) in [5.74, 6) is -1.16. The van der Waals surface area contributed by atoms with Crippen LogP contribution in [0.1, 0.15) is 62.8 Å². The SMILES string of the molecule is CC(C)C[C@H](NC(=O)[C@@H]1O[C@H]1C(=O)NCc1ccccc1)C(=O)N1CCN(C/C=C/c2ccccc2)CC1.CC(C)C[C@H](NC(=O)[C@@H]1O[C@H]1C(=O)NCc1ccccc1)C(=O)N1CCN(C/C=C/c2ccccc2)CC1.O=S(=O)(O)O. The number of carbonyl (C=O) groups is 6. The molecule has 6 N–H and O–H groups in total. The van der Waals surface area contributed by atoms with Gasteiger partial charge in [-0.25, -0.2) is 0 Å². The lowest BCUT2D eigenvalue weighted by Crippen LogP contribution is -2.55. The number of hydrogen-bond donors (Lipinski definition) is 6. The Balaban J connectivity index is 0.000000241. The maximum atomic E-state index is 13.4. The Morgan fingerprint density at radius 2 is 0.790 bits per heavy atom. The van der Waals surface area contributed by atoms with Crippen LogP contribution in [0.15, 0.2) is 133 Å². The molecule has 8 rings (SSSR count). The molecule has 6 amide bonds. The van der Waals surface area contributed by atoms with Gasteiger partial charge in [-0.15, -0.1) is 0 Å². The zero-order chi connectivity index (χ0) is 58.3. The molecule has 81 heavy (non-hydrogen) atoms. The standard InChI is InChI=1S/2C30H38N4O4.H2O4S/c2*1-22(2)20-25(32-29(36)27-26(38-27)28(35)31-21-24-12-7-4-8-13-24)30(37)34-18-16-33(17-19-34)15-9-14-23-10-5-3-6-11-23;1-5(2,3)4/h2*3-14,22,25-27H,15-21H2,1-2H3,(H,31,35)(H,32,36);(H2,1,2,3,4)/b2*14-9+;/t2*25-,26+,27+;/m00./s1. The topological polar surface area (TPSA) is 263 Å². The van der Waals surface area contributed by atoms with Crippen LogP contribution in [0.2, 0.25) is 0 Å². The van der Waals surface area contributed by atoms with Crippen LogP contribution in [0.25, 0.3) is 12.2 Å². The number of carbonyl (C=O) groups excluding carboxylic acids is 6. The van der Waals surface area contributed by atoms with Gasteiger partial charge in [0.1, 0.15) is 12.1 Å². The molecule has 0 radical (unpaired) electrons. The van der Waals surface area contributed by atoms with Crippen molar-refractivity contribution in [3.05, 3.63) is 156 Å². The molecular formula is C60H78N8O12S. The van der Waals surface area contributed by atoms with E-state index in [1.807, 2.05) is 135 Å². The number of epoxide rings is 2. The van der Waals surface area contributed by atoms with Crippen LogP contribution in [-0.2, 0) is 61.7 Å². The van der Waals surface area contributed by atoms with Gasteiger partial charge < -0.3 is 40.5 Å². The lowest BCUT2D eigenvalue weighted by atomic mass is 10.0. The Bertz CT molecular complexity index is 2630. The van der Waals surface area contributed by atoms with Gasteiger partial charge in [0.05, 0.1) is 0 Å². The first kappa shape index (κ1) is 63.1. The molecule has 0 saturated carbocycles. The highest BCUT2D eigenvalue weighted by Crippen LogP contribution is 2.25. The van der Waals surface area contributed by atoms with E-state index in [2.05, 4.69) is 79.6 Å². The van der Waals surface area contributed by atoms with Gasteiger partial charge in [0.25, 0.3) is 23.6 Å². The van der Waals surface area contributed by atoms with Gasteiger partial charge in [-0.3, -0.25) is 47.7 Å². The Morgan fingerprint density at radius 3 is 1.10 bits per heavy atom. The van der Waals surface area contributed by atoms with E-state index in [1.165, 1.54) is 11.1 Å². The van der Waals surface area contributed by atoms with Crippen LogP contribution in [0.5, 0.6) is 0 Å². The van der Waals surface area contributed by atoms with E-state index < -0.39 is 58.7 Å². The second kappa shape index (κ2) is 31.8. The predicted molar refractivity (Wildman–Crippen MR) is 308 cm³/mol. The molecule has 4 heterocycles. The molecule has 436 valence electrons. The van der Waals surface area contributed by atoms with Crippen molar-refractivity contribution in [2.24, 2.45) is 11.8 Å². The smallest absolute Gasteiger partial charge is 0.350 e. The minimum atomic E-state index is -4.67. The number of hydrogen-bond acceptors (Lipinski definition) is 12. The van der Waals surface area contributed by atoms with E-state index >= 15 is 0 Å². The van der Waals surface area contributed by atoms with Crippen LogP contribution in [0.4, 0.5) is 0 Å². The molecule has 4 aromatic carbocycles. The summed E-state index contributed by atoms with van der Waals surface area (Å²) in [5.41, 5.74) is 4.28. The molecule has 20 nitrogen and oxygen atoms in total. The molecule has 0 spiro atoms. The largest absolute Gasteiger partial charge is 0.394 e. The number of amides is 6. The third-order valence-corrected chi connectivity index (χ3v) is 13.6. The molecule has 0 aromatic heterocycles. The molecule has 4 saturated heterocycles. The molecule has 4 aliphatic heterocycles. The van der Waals surface area contributed by atoms with E-state index in [1.54, 1.807) is 0 Å². The maximum Gasteiger partial charge on any atom is 0.394 e. The number of piperazine rings is 2. The van der Waals surface area contributed by atoms with Crippen molar-refractivity contribution < 1.29 is 55.8 Å². The second-order valence-electron chi connectivity index (χ2n) is 21.1. The molecule has 4 fully saturated rings. The van der Waals surface area contributed by atoms with Gasteiger partial charge in [0, 0.05) is 78.5 Å². The number of benzene rings is 4. The van der Waals surface area contributed by atoms with E-state index in [0.29, 0.717) is 52.1 Å². The molecule has 0 unspecified atom stereocenters. The number of ether oxygens (including phenoxy) is 2. The fraction of sp³-hybridized carbons (Fsp3) is 0.433. The number of rotatable bonds is 22. The Morgan fingerprint density at radius 1 is 0.494 bits per heavy atom. The van der Waals surface area contributed by atoms with Gasteiger partial charge in [0.15, 0.2) is 24.4 Å².